The average Bonchev–Trinajstić information content (AvgIpc) is 2.50. The zero-order valence-electron chi connectivity index (χ0n) is 12.7. The van der Waals surface area contributed by atoms with E-state index in [9.17, 15) is 9.59 Å². The molecule has 0 fully saturated rings. The highest BCUT2D eigenvalue weighted by atomic mass is 35.5. The van der Waals surface area contributed by atoms with Crippen LogP contribution in [0.4, 0.5) is 0 Å². The largest absolute Gasteiger partial charge is 0.352 e. The van der Waals surface area contributed by atoms with Crippen LogP contribution in [0.15, 0.2) is 30.3 Å². The monoisotopic (exact) mass is 313 g/mol. The van der Waals surface area contributed by atoms with Crippen LogP contribution in [0.1, 0.15) is 31.9 Å². The van der Waals surface area contributed by atoms with E-state index >= 15 is 0 Å². The molecular weight excluding hydrogens is 290 g/mol. The Bertz CT molecular complexity index is 440. The van der Waals surface area contributed by atoms with Gasteiger partial charge in [-0.05, 0) is 19.5 Å². The zero-order chi connectivity index (χ0) is 15.0. The van der Waals surface area contributed by atoms with Crippen molar-refractivity contribution in [3.63, 3.8) is 0 Å². The van der Waals surface area contributed by atoms with Gasteiger partial charge in [-0.2, -0.15) is 0 Å². The lowest BCUT2D eigenvalue weighted by Gasteiger charge is -2.20. The van der Waals surface area contributed by atoms with E-state index in [0.717, 1.165) is 5.56 Å². The topological polar surface area (TPSA) is 70.2 Å². The van der Waals surface area contributed by atoms with Gasteiger partial charge in [0.05, 0.1) is 0 Å². The number of rotatable bonds is 7. The molecule has 0 aliphatic rings. The van der Waals surface area contributed by atoms with Crippen molar-refractivity contribution in [2.24, 2.45) is 0 Å². The molecule has 0 aliphatic heterocycles. The quantitative estimate of drug-likeness (QED) is 0.712. The lowest BCUT2D eigenvalue weighted by Crippen LogP contribution is -2.44. The molecule has 3 N–H and O–H groups in total. The highest BCUT2D eigenvalue weighted by Gasteiger charge is 2.21. The molecule has 2 amide bonds. The van der Waals surface area contributed by atoms with E-state index in [1.165, 1.54) is 0 Å². The molecule has 2 unspecified atom stereocenters. The molecule has 5 nitrogen and oxygen atoms in total. The van der Waals surface area contributed by atoms with Crippen LogP contribution in [-0.4, -0.2) is 31.4 Å². The van der Waals surface area contributed by atoms with E-state index in [0.29, 0.717) is 13.0 Å². The second kappa shape index (κ2) is 10.2. The first-order chi connectivity index (χ1) is 9.58. The van der Waals surface area contributed by atoms with E-state index in [4.69, 9.17) is 0 Å². The Morgan fingerprint density at radius 1 is 1.19 bits per heavy atom. The minimum Gasteiger partial charge on any atom is -0.352 e. The molecule has 0 heterocycles. The molecule has 0 radical (unpaired) electrons. The maximum atomic E-state index is 12.3. The summed E-state index contributed by atoms with van der Waals surface area (Å²) in [6.07, 6.45) is 0.351. The Balaban J connectivity index is 0.00000400. The Labute approximate surface area is 132 Å². The van der Waals surface area contributed by atoms with Crippen molar-refractivity contribution in [3.8, 4) is 0 Å². The number of carbonyl (C=O) groups excluding carboxylic acids is 2. The van der Waals surface area contributed by atoms with Crippen LogP contribution in [-0.2, 0) is 9.59 Å². The molecule has 21 heavy (non-hydrogen) atoms. The van der Waals surface area contributed by atoms with Crippen LogP contribution in [0.25, 0.3) is 0 Å². The molecular formula is C15H24ClN3O2. The Morgan fingerprint density at radius 2 is 1.81 bits per heavy atom. The summed E-state index contributed by atoms with van der Waals surface area (Å²) in [5.74, 6) is -0.337. The predicted molar refractivity (Wildman–Crippen MR) is 86.4 cm³/mol. The van der Waals surface area contributed by atoms with Crippen molar-refractivity contribution in [1.82, 2.24) is 16.0 Å². The van der Waals surface area contributed by atoms with Gasteiger partial charge in [0.2, 0.25) is 11.8 Å². The average molecular weight is 314 g/mol. The van der Waals surface area contributed by atoms with Crippen LogP contribution < -0.4 is 16.0 Å². The third-order valence-corrected chi connectivity index (χ3v) is 3.10. The molecule has 1 aromatic carbocycles. The van der Waals surface area contributed by atoms with Crippen molar-refractivity contribution in [2.45, 2.75) is 32.4 Å². The fourth-order valence-electron chi connectivity index (χ4n) is 1.67. The Kier molecular flexibility index (Phi) is 9.41. The van der Waals surface area contributed by atoms with Gasteiger partial charge in [-0.15, -0.1) is 12.4 Å². The van der Waals surface area contributed by atoms with Gasteiger partial charge in [-0.3, -0.25) is 9.59 Å². The molecule has 0 bridgehead atoms. The summed E-state index contributed by atoms with van der Waals surface area (Å²) in [5, 5.41) is 8.65. The van der Waals surface area contributed by atoms with E-state index in [2.05, 4.69) is 16.0 Å². The summed E-state index contributed by atoms with van der Waals surface area (Å²) in [6.45, 7) is 4.25. The van der Waals surface area contributed by atoms with Crippen molar-refractivity contribution in [1.29, 1.82) is 0 Å². The van der Waals surface area contributed by atoms with Gasteiger partial charge in [0.1, 0.15) is 6.04 Å². The van der Waals surface area contributed by atoms with E-state index in [1.807, 2.05) is 44.3 Å². The van der Waals surface area contributed by atoms with E-state index in [-0.39, 0.29) is 30.3 Å². The van der Waals surface area contributed by atoms with E-state index < -0.39 is 6.04 Å². The second-order valence-corrected chi connectivity index (χ2v) is 4.70. The molecule has 0 spiro atoms. The maximum absolute atomic E-state index is 12.3. The SMILES string of the molecule is CCC(=O)NC(C(=O)NCC(C)NC)c1ccccc1.Cl. The van der Waals surface area contributed by atoms with Crippen LogP contribution in [0.3, 0.4) is 0 Å². The third kappa shape index (κ3) is 6.60. The van der Waals surface area contributed by atoms with Gasteiger partial charge in [0, 0.05) is 19.0 Å². The summed E-state index contributed by atoms with van der Waals surface area (Å²) in [7, 11) is 1.84. The maximum Gasteiger partial charge on any atom is 0.247 e. The summed E-state index contributed by atoms with van der Waals surface area (Å²) >= 11 is 0. The first kappa shape index (κ1) is 19.4. The first-order valence-electron chi connectivity index (χ1n) is 6.87. The van der Waals surface area contributed by atoms with Gasteiger partial charge < -0.3 is 16.0 Å². The zero-order valence-corrected chi connectivity index (χ0v) is 13.5. The summed E-state index contributed by atoms with van der Waals surface area (Å²) in [4.78, 5) is 23.9. The van der Waals surface area contributed by atoms with Gasteiger partial charge in [-0.1, -0.05) is 37.3 Å². The fraction of sp³-hybridized carbons (Fsp3) is 0.467. The highest BCUT2D eigenvalue weighted by molar-refractivity contribution is 5.88. The van der Waals surface area contributed by atoms with Crippen LogP contribution >= 0.6 is 12.4 Å². The minimum atomic E-state index is -0.646. The number of nitrogens with one attached hydrogen (secondary N) is 3. The fourth-order valence-corrected chi connectivity index (χ4v) is 1.67. The molecule has 0 saturated heterocycles. The number of halogens is 1. The normalized spacial score (nSPS) is 12.7. The van der Waals surface area contributed by atoms with Crippen LogP contribution in [0.5, 0.6) is 0 Å². The van der Waals surface area contributed by atoms with Crippen LogP contribution in [0.2, 0.25) is 0 Å². The second-order valence-electron chi connectivity index (χ2n) is 4.70. The molecule has 118 valence electrons. The molecule has 0 saturated carbocycles. The third-order valence-electron chi connectivity index (χ3n) is 3.10. The molecule has 0 aliphatic carbocycles. The van der Waals surface area contributed by atoms with Gasteiger partial charge in [0.15, 0.2) is 0 Å². The number of carbonyl (C=O) groups is 2. The lowest BCUT2D eigenvalue weighted by molar-refractivity contribution is -0.129. The number of hydrogen-bond donors (Lipinski definition) is 3. The van der Waals surface area contributed by atoms with E-state index in [1.54, 1.807) is 6.92 Å². The number of likely N-dealkylation sites (N-methyl/N-ethyl adjacent to an activating group) is 1. The highest BCUT2D eigenvalue weighted by Crippen LogP contribution is 2.12. The summed E-state index contributed by atoms with van der Waals surface area (Å²) < 4.78 is 0. The Morgan fingerprint density at radius 3 is 2.33 bits per heavy atom. The van der Waals surface area contributed by atoms with Gasteiger partial charge in [0.25, 0.3) is 0 Å². The van der Waals surface area contributed by atoms with Crippen molar-refractivity contribution < 1.29 is 9.59 Å². The molecule has 1 aromatic rings. The summed E-state index contributed by atoms with van der Waals surface area (Å²) in [5.41, 5.74) is 0.781. The molecule has 0 aromatic heterocycles. The first-order valence-corrected chi connectivity index (χ1v) is 6.87. The summed E-state index contributed by atoms with van der Waals surface area (Å²) in [6, 6.07) is 8.78. The molecule has 6 heteroatoms. The minimum absolute atomic E-state index is 0. The molecule has 1 rings (SSSR count). The van der Waals surface area contributed by atoms with Crippen LogP contribution in [0, 0.1) is 0 Å². The van der Waals surface area contributed by atoms with Gasteiger partial charge in [-0.25, -0.2) is 0 Å². The standard InChI is InChI=1S/C15H23N3O2.ClH/c1-4-13(19)18-14(12-8-6-5-7-9-12)15(20)17-10-11(2)16-3;/h5-9,11,14,16H,4,10H2,1-3H3,(H,17,20)(H,18,19);1H. The number of amides is 2. The Hall–Kier alpha value is -1.59. The molecule has 2 atom stereocenters. The lowest BCUT2D eigenvalue weighted by atomic mass is 10.1. The van der Waals surface area contributed by atoms with Gasteiger partial charge >= 0.3 is 0 Å². The number of hydrogen-bond acceptors (Lipinski definition) is 3. The predicted octanol–water partition coefficient (Wildman–Crippen LogP) is 1.40. The van der Waals surface area contributed by atoms with Crippen molar-refractivity contribution in [3.05, 3.63) is 35.9 Å². The number of benzene rings is 1. The smallest absolute Gasteiger partial charge is 0.247 e. The van der Waals surface area contributed by atoms with Crippen molar-refractivity contribution >= 4 is 24.2 Å². The van der Waals surface area contributed by atoms with Crippen molar-refractivity contribution in [2.75, 3.05) is 13.6 Å².